The number of nitrogens with one attached hydrogen (secondary N) is 1. The molecule has 0 saturated heterocycles. The van der Waals surface area contributed by atoms with Gasteiger partial charge in [0.05, 0.1) is 35.5 Å². The van der Waals surface area contributed by atoms with Gasteiger partial charge in [0.15, 0.2) is 0 Å². The van der Waals surface area contributed by atoms with Crippen LogP contribution in [0.25, 0.3) is 0 Å². The molecule has 1 amide bonds. The van der Waals surface area contributed by atoms with Crippen molar-refractivity contribution in [2.24, 2.45) is 5.10 Å². The number of hydrogen-bond donors (Lipinski definition) is 1. The molecule has 0 bridgehead atoms. The van der Waals surface area contributed by atoms with Crippen LogP contribution in [-0.2, 0) is 16.1 Å². The molecule has 3 aromatic carbocycles. The van der Waals surface area contributed by atoms with Gasteiger partial charge in [-0.3, -0.25) is 9.80 Å². The second-order valence-corrected chi connectivity index (χ2v) is 10.7. The van der Waals surface area contributed by atoms with Crippen LogP contribution >= 0.6 is 34.8 Å². The van der Waals surface area contributed by atoms with Crippen molar-refractivity contribution in [2.45, 2.75) is 56.9 Å². The number of hydrogen-bond acceptors (Lipinski definition) is 4. The van der Waals surface area contributed by atoms with Crippen molar-refractivity contribution in [3.05, 3.63) is 99.0 Å². The lowest BCUT2D eigenvalue weighted by Gasteiger charge is -2.32. The van der Waals surface area contributed by atoms with Crippen LogP contribution in [-0.4, -0.2) is 23.8 Å². The van der Waals surface area contributed by atoms with Crippen molar-refractivity contribution in [1.82, 2.24) is 5.32 Å². The number of nitrogens with zero attached hydrogens (tertiary/aromatic N) is 2. The van der Waals surface area contributed by atoms with Crippen LogP contribution in [0.1, 0.15) is 49.3 Å². The first-order valence-corrected chi connectivity index (χ1v) is 13.6. The zero-order valence-corrected chi connectivity index (χ0v) is 22.5. The van der Waals surface area contributed by atoms with Gasteiger partial charge in [0.25, 0.3) is 5.91 Å². The topological polar surface area (TPSA) is 53.9 Å². The molecule has 8 heteroatoms. The molecule has 0 aromatic heterocycles. The van der Waals surface area contributed by atoms with Crippen LogP contribution in [0.2, 0.25) is 15.1 Å². The first kappa shape index (κ1) is 26.1. The fourth-order valence-corrected chi connectivity index (χ4v) is 5.59. The van der Waals surface area contributed by atoms with E-state index in [0.717, 1.165) is 36.8 Å². The van der Waals surface area contributed by atoms with E-state index in [1.807, 2.05) is 48.5 Å². The lowest BCUT2D eigenvalue weighted by atomic mass is 9.92. The van der Waals surface area contributed by atoms with Crippen molar-refractivity contribution in [1.29, 1.82) is 0 Å². The Kier molecular flexibility index (Phi) is 8.36. The van der Waals surface area contributed by atoms with Gasteiger partial charge in [-0.2, -0.15) is 5.10 Å². The van der Waals surface area contributed by atoms with E-state index in [2.05, 4.69) is 17.4 Å². The Morgan fingerprint density at radius 1 is 0.946 bits per heavy atom. The van der Waals surface area contributed by atoms with E-state index >= 15 is 0 Å². The Morgan fingerprint density at radius 2 is 1.68 bits per heavy atom. The van der Waals surface area contributed by atoms with Crippen molar-refractivity contribution in [3.63, 3.8) is 0 Å². The van der Waals surface area contributed by atoms with Gasteiger partial charge in [-0.1, -0.05) is 90.1 Å². The summed E-state index contributed by atoms with van der Waals surface area (Å²) in [5.41, 5.74) is 3.26. The molecule has 0 radical (unpaired) electrons. The summed E-state index contributed by atoms with van der Waals surface area (Å²) in [7, 11) is 0. The van der Waals surface area contributed by atoms with Crippen molar-refractivity contribution >= 4 is 52.1 Å². The normalized spacial score (nSPS) is 21.5. The lowest BCUT2D eigenvalue weighted by molar-refractivity contribution is -0.117. The van der Waals surface area contributed by atoms with Crippen LogP contribution in [0.5, 0.6) is 0 Å². The Bertz CT molecular complexity index is 1270. The lowest BCUT2D eigenvalue weighted by Crippen LogP contribution is -2.48. The number of benzene rings is 3. The monoisotopic (exact) mass is 555 g/mol. The Hall–Kier alpha value is -2.57. The van der Waals surface area contributed by atoms with Crippen molar-refractivity contribution < 1.29 is 9.53 Å². The number of rotatable bonds is 7. The summed E-state index contributed by atoms with van der Waals surface area (Å²) in [6.07, 6.45) is 4.36. The molecular formula is C29H28Cl3N3O2. The number of amides is 1. The van der Waals surface area contributed by atoms with Crippen LogP contribution in [0.15, 0.2) is 77.9 Å². The highest BCUT2D eigenvalue weighted by atomic mass is 35.5. The van der Waals surface area contributed by atoms with Crippen LogP contribution in [0, 0.1) is 0 Å². The van der Waals surface area contributed by atoms with E-state index in [4.69, 9.17) is 44.6 Å². The summed E-state index contributed by atoms with van der Waals surface area (Å²) in [5, 5.41) is 11.4. The van der Waals surface area contributed by atoms with Crippen molar-refractivity contribution in [3.8, 4) is 0 Å². The summed E-state index contributed by atoms with van der Waals surface area (Å²) in [5.74, 6) is -0.174. The van der Waals surface area contributed by atoms with Gasteiger partial charge in [-0.25, -0.2) is 0 Å². The molecule has 1 aliphatic heterocycles. The smallest absolute Gasteiger partial charge is 0.267 e. The number of carbonyl (C=O) groups excluding carboxylic acids is 1. The fourth-order valence-electron chi connectivity index (χ4n) is 4.97. The highest BCUT2D eigenvalue weighted by Gasteiger charge is 2.35. The van der Waals surface area contributed by atoms with E-state index in [1.54, 1.807) is 17.1 Å². The number of ether oxygens (including phenoxy) is 1. The highest BCUT2D eigenvalue weighted by molar-refractivity contribution is 6.40. The second-order valence-electron chi connectivity index (χ2n) is 9.46. The van der Waals surface area contributed by atoms with E-state index in [0.29, 0.717) is 39.5 Å². The number of halogens is 3. The van der Waals surface area contributed by atoms with Crippen molar-refractivity contribution in [2.75, 3.05) is 5.01 Å². The van der Waals surface area contributed by atoms with Crippen LogP contribution in [0.3, 0.4) is 0 Å². The molecule has 5 rings (SSSR count). The second kappa shape index (κ2) is 11.9. The standard InChI is InChI=1S/C29H28Cl3N3O2/c30-21-12-10-20(11-13-21)27-17-25(34-35(27)26-15-14-22(31)16-23(26)32)29(36)33-24-8-4-5-9-28(24)37-18-19-6-2-1-3-7-19/h1-3,6-7,10-16,24,27-28H,4-5,8-9,17-18H2,(H,33,36)/t24-,27?,28-/m0/s1. The summed E-state index contributed by atoms with van der Waals surface area (Å²) in [6.45, 7) is 0.528. The Labute approximate surface area is 232 Å². The molecule has 0 spiro atoms. The molecule has 192 valence electrons. The van der Waals surface area contributed by atoms with E-state index < -0.39 is 0 Å². The predicted molar refractivity (Wildman–Crippen MR) is 151 cm³/mol. The third kappa shape index (κ3) is 6.29. The van der Waals surface area contributed by atoms with Gasteiger partial charge in [0.2, 0.25) is 0 Å². The van der Waals surface area contributed by atoms with E-state index in [1.165, 1.54) is 0 Å². The van der Waals surface area contributed by atoms with E-state index in [9.17, 15) is 4.79 Å². The van der Waals surface area contributed by atoms with Crippen LogP contribution < -0.4 is 10.3 Å². The van der Waals surface area contributed by atoms with Gasteiger partial charge >= 0.3 is 0 Å². The van der Waals surface area contributed by atoms with Gasteiger partial charge in [0, 0.05) is 16.5 Å². The fraction of sp³-hybridized carbons (Fsp3) is 0.310. The minimum absolute atomic E-state index is 0.0335. The molecule has 3 atom stereocenters. The molecule has 1 aliphatic carbocycles. The minimum atomic E-state index is -0.201. The van der Waals surface area contributed by atoms with Gasteiger partial charge in [-0.15, -0.1) is 0 Å². The molecule has 37 heavy (non-hydrogen) atoms. The quantitative estimate of drug-likeness (QED) is 0.326. The number of hydrazone groups is 1. The maximum absolute atomic E-state index is 13.5. The number of carbonyl (C=O) groups is 1. The molecule has 1 saturated carbocycles. The highest BCUT2D eigenvalue weighted by Crippen LogP contribution is 2.40. The molecule has 1 fully saturated rings. The average Bonchev–Trinajstić information content (AvgIpc) is 3.34. The summed E-state index contributed by atoms with van der Waals surface area (Å²) >= 11 is 18.8. The number of anilines is 1. The van der Waals surface area contributed by atoms with Gasteiger partial charge < -0.3 is 10.1 Å². The molecular weight excluding hydrogens is 529 g/mol. The Balaban J connectivity index is 1.34. The van der Waals surface area contributed by atoms with Gasteiger partial charge in [0.1, 0.15) is 5.71 Å². The Morgan fingerprint density at radius 3 is 2.43 bits per heavy atom. The average molecular weight is 557 g/mol. The third-order valence-electron chi connectivity index (χ3n) is 6.91. The first-order chi connectivity index (χ1) is 18.0. The SMILES string of the molecule is O=C(N[C@H]1CCCC[C@@H]1OCc1ccccc1)C1=NN(c2ccc(Cl)cc2Cl)C(c2ccc(Cl)cc2)C1. The predicted octanol–water partition coefficient (Wildman–Crippen LogP) is 7.60. The molecule has 2 aliphatic rings. The third-order valence-corrected chi connectivity index (χ3v) is 7.70. The first-order valence-electron chi connectivity index (χ1n) is 12.5. The van der Waals surface area contributed by atoms with Crippen LogP contribution in [0.4, 0.5) is 5.69 Å². The molecule has 5 nitrogen and oxygen atoms in total. The van der Waals surface area contributed by atoms with Gasteiger partial charge in [-0.05, 0) is 54.3 Å². The zero-order chi connectivity index (χ0) is 25.8. The zero-order valence-electron chi connectivity index (χ0n) is 20.2. The molecule has 3 aromatic rings. The minimum Gasteiger partial charge on any atom is -0.371 e. The largest absolute Gasteiger partial charge is 0.371 e. The maximum atomic E-state index is 13.5. The summed E-state index contributed by atoms with van der Waals surface area (Å²) in [6, 6.07) is 22.7. The molecule has 1 unspecified atom stereocenters. The molecule has 1 N–H and O–H groups in total. The summed E-state index contributed by atoms with van der Waals surface area (Å²) in [4.78, 5) is 13.5. The summed E-state index contributed by atoms with van der Waals surface area (Å²) < 4.78 is 6.26. The molecule has 1 heterocycles. The van der Waals surface area contributed by atoms with E-state index in [-0.39, 0.29) is 24.1 Å². The maximum Gasteiger partial charge on any atom is 0.267 e.